The quantitative estimate of drug-likeness (QED) is 0.802. The highest BCUT2D eigenvalue weighted by atomic mass is 19.4. The minimum absolute atomic E-state index is 0.235. The molecule has 110 valence electrons. The second-order valence-corrected chi connectivity index (χ2v) is 4.81. The number of amides is 1. The molecule has 0 atom stereocenters. The van der Waals surface area contributed by atoms with E-state index < -0.39 is 12.5 Å². The predicted octanol–water partition coefficient (Wildman–Crippen LogP) is 4.48. The molecule has 1 amide bonds. The molecular weight excluding hydrogens is 271 g/mol. The van der Waals surface area contributed by atoms with E-state index in [1.165, 1.54) is 0 Å². The van der Waals surface area contributed by atoms with Gasteiger partial charge >= 0.3 is 12.5 Å². The third-order valence-electron chi connectivity index (χ3n) is 3.37. The van der Waals surface area contributed by atoms with Crippen molar-refractivity contribution in [2.24, 2.45) is 0 Å². The normalized spacial score (nSPS) is 16.8. The highest BCUT2D eigenvalue weighted by molar-refractivity contribution is 5.88. The molecule has 20 heavy (non-hydrogen) atoms. The van der Waals surface area contributed by atoms with Crippen LogP contribution in [0.1, 0.15) is 32.1 Å². The third kappa shape index (κ3) is 3.88. The van der Waals surface area contributed by atoms with Crippen LogP contribution >= 0.6 is 0 Å². The monoisotopic (exact) mass is 287 g/mol. The number of carbonyl (C=O) groups is 1. The van der Waals surface area contributed by atoms with E-state index in [1.54, 1.807) is 30.3 Å². The Kier molecular flexibility index (Phi) is 4.52. The Hall–Kier alpha value is -1.72. The maximum atomic E-state index is 12.3. The number of anilines is 1. The summed E-state index contributed by atoms with van der Waals surface area (Å²) < 4.78 is 40.4. The van der Waals surface area contributed by atoms with Gasteiger partial charge in [0.15, 0.2) is 0 Å². The van der Waals surface area contributed by atoms with Crippen molar-refractivity contribution in [3.63, 3.8) is 0 Å². The first kappa shape index (κ1) is 14.7. The van der Waals surface area contributed by atoms with Gasteiger partial charge in [0, 0.05) is 11.7 Å². The van der Waals surface area contributed by atoms with Gasteiger partial charge in [-0.05, 0) is 25.0 Å². The maximum Gasteiger partial charge on any atom is 0.576 e. The van der Waals surface area contributed by atoms with E-state index in [0.717, 1.165) is 24.2 Å². The van der Waals surface area contributed by atoms with Gasteiger partial charge in [-0.3, -0.25) is 4.90 Å². The molecule has 0 saturated heterocycles. The Labute approximate surface area is 115 Å². The molecule has 0 radical (unpaired) electrons. The fourth-order valence-electron chi connectivity index (χ4n) is 2.54. The fraction of sp³-hybridized carbons (Fsp3) is 0.500. The average molecular weight is 287 g/mol. The average Bonchev–Trinajstić information content (AvgIpc) is 2.39. The summed E-state index contributed by atoms with van der Waals surface area (Å²) in [7, 11) is 0. The summed E-state index contributed by atoms with van der Waals surface area (Å²) in [6.45, 7) is 0. The third-order valence-corrected chi connectivity index (χ3v) is 3.37. The van der Waals surface area contributed by atoms with Crippen molar-refractivity contribution in [1.82, 2.24) is 0 Å². The maximum absolute atomic E-state index is 12.3. The van der Waals surface area contributed by atoms with Gasteiger partial charge in [0.1, 0.15) is 0 Å². The van der Waals surface area contributed by atoms with Crippen molar-refractivity contribution < 1.29 is 22.7 Å². The van der Waals surface area contributed by atoms with E-state index in [1.807, 2.05) is 0 Å². The topological polar surface area (TPSA) is 29.5 Å². The number of hydrogen-bond acceptors (Lipinski definition) is 2. The van der Waals surface area contributed by atoms with Crippen molar-refractivity contribution in [2.75, 3.05) is 4.90 Å². The summed E-state index contributed by atoms with van der Waals surface area (Å²) in [6.07, 6.45) is -2.05. The molecule has 1 aliphatic rings. The molecule has 0 unspecified atom stereocenters. The Morgan fingerprint density at radius 1 is 1.10 bits per heavy atom. The van der Waals surface area contributed by atoms with Crippen molar-refractivity contribution in [2.45, 2.75) is 44.5 Å². The number of benzene rings is 1. The summed E-state index contributed by atoms with van der Waals surface area (Å²) in [5.41, 5.74) is 0.439. The van der Waals surface area contributed by atoms with E-state index >= 15 is 0 Å². The van der Waals surface area contributed by atoms with Crippen LogP contribution in [0.5, 0.6) is 0 Å². The van der Waals surface area contributed by atoms with Crippen molar-refractivity contribution in [3.05, 3.63) is 30.3 Å². The lowest BCUT2D eigenvalue weighted by molar-refractivity contribution is -0.290. The number of carbonyl (C=O) groups excluding carboxylic acids is 1. The van der Waals surface area contributed by atoms with E-state index in [0.29, 0.717) is 18.5 Å². The molecule has 1 aliphatic carbocycles. The van der Waals surface area contributed by atoms with Gasteiger partial charge in [0.2, 0.25) is 0 Å². The van der Waals surface area contributed by atoms with Gasteiger partial charge in [-0.25, -0.2) is 4.79 Å². The van der Waals surface area contributed by atoms with Crippen LogP contribution in [0, 0.1) is 0 Å². The highest BCUT2D eigenvalue weighted by Crippen LogP contribution is 2.29. The summed E-state index contributed by atoms with van der Waals surface area (Å²) in [4.78, 5) is 13.0. The number of hydrogen-bond donors (Lipinski definition) is 0. The number of nitrogens with zero attached hydrogens (tertiary/aromatic N) is 1. The molecule has 2 rings (SSSR count). The Morgan fingerprint density at radius 3 is 2.25 bits per heavy atom. The Morgan fingerprint density at radius 2 is 1.70 bits per heavy atom. The van der Waals surface area contributed by atoms with Crippen LogP contribution in [0.15, 0.2) is 30.3 Å². The molecule has 1 aromatic carbocycles. The Bertz CT molecular complexity index is 441. The Balaban J connectivity index is 2.22. The molecule has 0 spiro atoms. The largest absolute Gasteiger partial charge is 0.576 e. The second-order valence-electron chi connectivity index (χ2n) is 4.81. The second kappa shape index (κ2) is 6.15. The van der Waals surface area contributed by atoms with Crippen LogP contribution in [0.3, 0.4) is 0 Å². The standard InChI is InChI=1S/C14H16F3NO2/c15-14(16,17)20-13(19)18(11-7-3-1-4-8-11)12-9-5-2-6-10-12/h1,3-4,7-8,12H,2,5-6,9-10H2. The molecule has 3 nitrogen and oxygen atoms in total. The lowest BCUT2D eigenvalue weighted by atomic mass is 9.94. The SMILES string of the molecule is O=C(OC(F)(F)F)N(c1ccccc1)C1CCCCC1. The van der Waals surface area contributed by atoms with Gasteiger partial charge in [-0.15, -0.1) is 13.2 Å². The van der Waals surface area contributed by atoms with Gasteiger partial charge in [0.05, 0.1) is 0 Å². The van der Waals surface area contributed by atoms with Crippen LogP contribution in [0.4, 0.5) is 23.7 Å². The molecule has 1 fully saturated rings. The van der Waals surface area contributed by atoms with Gasteiger partial charge < -0.3 is 4.74 Å². The first-order chi connectivity index (χ1) is 9.47. The predicted molar refractivity (Wildman–Crippen MR) is 68.3 cm³/mol. The molecule has 1 saturated carbocycles. The number of rotatable bonds is 2. The van der Waals surface area contributed by atoms with Gasteiger partial charge in [-0.1, -0.05) is 37.5 Å². The molecular formula is C14H16F3NO2. The van der Waals surface area contributed by atoms with Crippen LogP contribution in [0.2, 0.25) is 0 Å². The summed E-state index contributed by atoms with van der Waals surface area (Å²) in [5.74, 6) is 0. The van der Waals surface area contributed by atoms with E-state index in [-0.39, 0.29) is 6.04 Å². The molecule has 0 bridgehead atoms. The molecule has 0 N–H and O–H groups in total. The minimum Gasteiger partial charge on any atom is -0.356 e. The van der Waals surface area contributed by atoms with Crippen molar-refractivity contribution in [3.8, 4) is 0 Å². The molecule has 0 heterocycles. The number of halogens is 3. The van der Waals surface area contributed by atoms with E-state index in [9.17, 15) is 18.0 Å². The summed E-state index contributed by atoms with van der Waals surface area (Å²) in [5, 5.41) is 0. The van der Waals surface area contributed by atoms with Crippen LogP contribution in [-0.4, -0.2) is 18.5 Å². The zero-order chi connectivity index (χ0) is 14.6. The van der Waals surface area contributed by atoms with Crippen LogP contribution < -0.4 is 4.90 Å². The van der Waals surface area contributed by atoms with E-state index in [2.05, 4.69) is 4.74 Å². The smallest absolute Gasteiger partial charge is 0.356 e. The van der Waals surface area contributed by atoms with Gasteiger partial charge in [0.25, 0.3) is 0 Å². The van der Waals surface area contributed by atoms with Crippen LogP contribution in [-0.2, 0) is 4.74 Å². The minimum atomic E-state index is -4.96. The summed E-state index contributed by atoms with van der Waals surface area (Å²) >= 11 is 0. The van der Waals surface area contributed by atoms with Crippen molar-refractivity contribution in [1.29, 1.82) is 0 Å². The number of para-hydroxylation sites is 1. The number of ether oxygens (including phenoxy) is 1. The van der Waals surface area contributed by atoms with Crippen molar-refractivity contribution >= 4 is 11.8 Å². The summed E-state index contributed by atoms with van der Waals surface area (Å²) in [6, 6.07) is 8.12. The first-order valence-corrected chi connectivity index (χ1v) is 6.61. The first-order valence-electron chi connectivity index (χ1n) is 6.61. The molecule has 0 aliphatic heterocycles. The fourth-order valence-corrected chi connectivity index (χ4v) is 2.54. The van der Waals surface area contributed by atoms with E-state index in [4.69, 9.17) is 0 Å². The molecule has 0 aromatic heterocycles. The van der Waals surface area contributed by atoms with Gasteiger partial charge in [-0.2, -0.15) is 0 Å². The zero-order valence-corrected chi connectivity index (χ0v) is 10.9. The molecule has 1 aromatic rings. The number of alkyl halides is 3. The highest BCUT2D eigenvalue weighted by Gasteiger charge is 2.38. The lowest BCUT2D eigenvalue weighted by Gasteiger charge is -2.33. The molecule has 6 heteroatoms. The zero-order valence-electron chi connectivity index (χ0n) is 10.9. The van der Waals surface area contributed by atoms with Crippen LogP contribution in [0.25, 0.3) is 0 Å². The lowest BCUT2D eigenvalue weighted by Crippen LogP contribution is -2.43.